The third kappa shape index (κ3) is 3.47. The molecule has 0 aliphatic carbocycles. The van der Waals surface area contributed by atoms with Crippen LogP contribution in [0.1, 0.15) is 42.9 Å². The molecule has 5 atom stereocenters. The number of aliphatic hydroxyl groups excluding tert-OH is 2. The number of hydrogen-bond acceptors (Lipinski definition) is 8. The highest BCUT2D eigenvalue weighted by molar-refractivity contribution is 5.35. The van der Waals surface area contributed by atoms with Crippen molar-refractivity contribution in [3.8, 4) is 6.07 Å². The van der Waals surface area contributed by atoms with Crippen LogP contribution in [0.4, 0.5) is 0 Å². The second kappa shape index (κ2) is 7.46. The van der Waals surface area contributed by atoms with Crippen molar-refractivity contribution < 1.29 is 24.4 Å². The molecule has 3 N–H and O–H groups in total. The highest BCUT2D eigenvalue weighted by Crippen LogP contribution is 2.42. The summed E-state index contributed by atoms with van der Waals surface area (Å²) in [5.74, 6) is -0.929. The van der Waals surface area contributed by atoms with E-state index in [0.717, 1.165) is 4.57 Å². The SMILES string of the molecule is CC1(C)O[C@@H]2[C@H](O1)[C@@H](CO)O[C@H]2n1cc(C(O)c2ccc(C#N)cc2)c(=O)[nH]c1=O. The first kappa shape index (κ1) is 20.5. The summed E-state index contributed by atoms with van der Waals surface area (Å²) in [4.78, 5) is 27.1. The van der Waals surface area contributed by atoms with E-state index in [2.05, 4.69) is 4.98 Å². The molecule has 10 heteroatoms. The number of benzene rings is 1. The van der Waals surface area contributed by atoms with Crippen molar-refractivity contribution in [1.29, 1.82) is 5.26 Å². The van der Waals surface area contributed by atoms with Gasteiger partial charge in [-0.15, -0.1) is 0 Å². The van der Waals surface area contributed by atoms with Gasteiger partial charge in [0.2, 0.25) is 0 Å². The highest BCUT2D eigenvalue weighted by Gasteiger charge is 2.56. The van der Waals surface area contributed by atoms with Crippen LogP contribution >= 0.6 is 0 Å². The van der Waals surface area contributed by atoms with Crippen molar-refractivity contribution in [2.75, 3.05) is 6.61 Å². The third-order valence-corrected chi connectivity index (χ3v) is 5.22. The predicted octanol–water partition coefficient (Wildman–Crippen LogP) is -0.100. The maximum absolute atomic E-state index is 12.5. The fourth-order valence-electron chi connectivity index (χ4n) is 3.83. The molecule has 2 aliphatic heterocycles. The summed E-state index contributed by atoms with van der Waals surface area (Å²) in [5, 5.41) is 29.2. The summed E-state index contributed by atoms with van der Waals surface area (Å²) in [7, 11) is 0. The smallest absolute Gasteiger partial charge is 0.330 e. The van der Waals surface area contributed by atoms with Crippen LogP contribution in [0.3, 0.4) is 0 Å². The van der Waals surface area contributed by atoms with E-state index < -0.39 is 47.7 Å². The van der Waals surface area contributed by atoms with Crippen molar-refractivity contribution in [3.63, 3.8) is 0 Å². The summed E-state index contributed by atoms with van der Waals surface area (Å²) in [6, 6.07) is 8.07. The van der Waals surface area contributed by atoms with Gasteiger partial charge in [0.15, 0.2) is 12.0 Å². The Hall–Kier alpha value is -2.81. The first-order valence-corrected chi connectivity index (χ1v) is 9.39. The quantitative estimate of drug-likeness (QED) is 0.627. The van der Waals surface area contributed by atoms with Gasteiger partial charge >= 0.3 is 5.69 Å². The number of fused-ring (bicyclic) bond motifs is 1. The second-order valence-electron chi connectivity index (χ2n) is 7.70. The van der Waals surface area contributed by atoms with Gasteiger partial charge in [-0.05, 0) is 31.5 Å². The first-order valence-electron chi connectivity index (χ1n) is 9.39. The number of H-pyrrole nitrogens is 1. The van der Waals surface area contributed by atoms with E-state index in [9.17, 15) is 19.8 Å². The Morgan fingerprint density at radius 2 is 1.90 bits per heavy atom. The Kier molecular flexibility index (Phi) is 5.09. The molecule has 2 aromatic rings. The van der Waals surface area contributed by atoms with E-state index in [1.165, 1.54) is 30.5 Å². The summed E-state index contributed by atoms with van der Waals surface area (Å²) in [5.41, 5.74) is -0.780. The number of aromatic nitrogens is 2. The van der Waals surface area contributed by atoms with Crippen molar-refractivity contribution in [3.05, 3.63) is 68.0 Å². The maximum atomic E-state index is 12.5. The van der Waals surface area contributed by atoms with Crippen LogP contribution in [0.5, 0.6) is 0 Å². The van der Waals surface area contributed by atoms with Gasteiger partial charge in [0.05, 0.1) is 23.8 Å². The first-order chi connectivity index (χ1) is 14.2. The van der Waals surface area contributed by atoms with Crippen molar-refractivity contribution in [2.24, 2.45) is 0 Å². The maximum Gasteiger partial charge on any atom is 0.330 e. The fraction of sp³-hybridized carbons (Fsp3) is 0.450. The lowest BCUT2D eigenvalue weighted by molar-refractivity contribution is -0.200. The zero-order valence-electron chi connectivity index (χ0n) is 16.3. The topological polar surface area (TPSA) is 147 Å². The van der Waals surface area contributed by atoms with E-state index in [1.54, 1.807) is 13.8 Å². The van der Waals surface area contributed by atoms with Gasteiger partial charge in [-0.1, -0.05) is 12.1 Å². The molecule has 0 radical (unpaired) electrons. The summed E-state index contributed by atoms with van der Waals surface area (Å²) in [6.07, 6.45) is -3.09. The molecular weight excluding hydrogens is 394 g/mol. The predicted molar refractivity (Wildman–Crippen MR) is 101 cm³/mol. The van der Waals surface area contributed by atoms with E-state index in [0.29, 0.717) is 11.1 Å². The molecule has 2 fully saturated rings. The van der Waals surface area contributed by atoms with Crippen molar-refractivity contribution in [1.82, 2.24) is 9.55 Å². The fourth-order valence-corrected chi connectivity index (χ4v) is 3.83. The lowest BCUT2D eigenvalue weighted by atomic mass is 10.0. The van der Waals surface area contributed by atoms with Crippen LogP contribution in [-0.2, 0) is 14.2 Å². The average molecular weight is 415 g/mol. The van der Waals surface area contributed by atoms with Crippen LogP contribution in [0, 0.1) is 11.3 Å². The normalized spacial score (nSPS) is 28.1. The summed E-state index contributed by atoms with van der Waals surface area (Å²) < 4.78 is 18.6. The third-order valence-electron chi connectivity index (χ3n) is 5.22. The number of aromatic amines is 1. The van der Waals surface area contributed by atoms with E-state index in [-0.39, 0.29) is 12.2 Å². The van der Waals surface area contributed by atoms with Crippen molar-refractivity contribution in [2.45, 2.75) is 50.3 Å². The molecule has 0 saturated carbocycles. The molecule has 158 valence electrons. The zero-order chi connectivity index (χ0) is 21.6. The van der Waals surface area contributed by atoms with Crippen molar-refractivity contribution >= 4 is 0 Å². The number of ether oxygens (including phenoxy) is 3. The minimum atomic E-state index is -1.34. The molecule has 1 aromatic carbocycles. The lowest BCUT2D eigenvalue weighted by Crippen LogP contribution is -2.39. The van der Waals surface area contributed by atoms with E-state index >= 15 is 0 Å². The molecule has 10 nitrogen and oxygen atoms in total. The minimum absolute atomic E-state index is 0.0786. The molecule has 0 bridgehead atoms. The minimum Gasteiger partial charge on any atom is -0.394 e. The Morgan fingerprint density at radius 1 is 1.23 bits per heavy atom. The van der Waals surface area contributed by atoms with E-state index in [1.807, 2.05) is 6.07 Å². The van der Waals surface area contributed by atoms with Gasteiger partial charge in [0.25, 0.3) is 5.56 Å². The molecule has 2 saturated heterocycles. The lowest BCUT2D eigenvalue weighted by Gasteiger charge is -2.24. The Bertz CT molecular complexity index is 1100. The average Bonchev–Trinajstić information content (AvgIpc) is 3.20. The number of hydrogen-bond donors (Lipinski definition) is 3. The number of nitriles is 1. The zero-order valence-corrected chi connectivity index (χ0v) is 16.3. The monoisotopic (exact) mass is 415 g/mol. The highest BCUT2D eigenvalue weighted by atomic mass is 16.8. The standard InChI is InChI=1S/C20H21N3O7/c1-20(2)29-15-13(9-24)28-18(16(15)30-20)23-8-12(17(26)22-19(23)27)14(25)11-5-3-10(7-21)4-6-11/h3-6,8,13-16,18,24-25H,9H2,1-2H3,(H,22,26,27)/t13-,14?,15-,16-,18-/m1/s1. The van der Waals surface area contributed by atoms with Gasteiger partial charge in [0.1, 0.15) is 24.4 Å². The van der Waals surface area contributed by atoms with E-state index in [4.69, 9.17) is 19.5 Å². The molecule has 2 aliphatic rings. The Labute approximate surface area is 170 Å². The number of nitrogens with one attached hydrogen (secondary N) is 1. The second-order valence-corrected chi connectivity index (χ2v) is 7.70. The van der Waals surface area contributed by atoms with Crippen LogP contribution in [0.2, 0.25) is 0 Å². The van der Waals surface area contributed by atoms with Gasteiger partial charge in [-0.2, -0.15) is 5.26 Å². The Balaban J connectivity index is 1.72. The van der Waals surface area contributed by atoms with Crippen LogP contribution in [-0.4, -0.2) is 50.5 Å². The molecule has 0 amide bonds. The molecule has 0 spiro atoms. The van der Waals surface area contributed by atoms with Gasteiger partial charge in [0, 0.05) is 6.20 Å². The number of rotatable bonds is 4. The van der Waals surface area contributed by atoms with Crippen LogP contribution < -0.4 is 11.2 Å². The number of aliphatic hydroxyl groups is 2. The molecule has 3 heterocycles. The largest absolute Gasteiger partial charge is 0.394 e. The summed E-state index contributed by atoms with van der Waals surface area (Å²) >= 11 is 0. The van der Waals surface area contributed by atoms with Gasteiger partial charge in [-0.25, -0.2) is 4.79 Å². The Morgan fingerprint density at radius 3 is 2.53 bits per heavy atom. The molecule has 1 aromatic heterocycles. The van der Waals surface area contributed by atoms with Crippen LogP contribution in [0.15, 0.2) is 40.1 Å². The summed E-state index contributed by atoms with van der Waals surface area (Å²) in [6.45, 7) is 3.09. The molecular formula is C20H21N3O7. The van der Waals surface area contributed by atoms with Gasteiger partial charge < -0.3 is 24.4 Å². The molecule has 1 unspecified atom stereocenters. The molecule has 30 heavy (non-hydrogen) atoms. The van der Waals surface area contributed by atoms with Crippen LogP contribution in [0.25, 0.3) is 0 Å². The molecule has 4 rings (SSSR count). The van der Waals surface area contributed by atoms with Gasteiger partial charge in [-0.3, -0.25) is 14.3 Å². The number of nitrogens with zero attached hydrogens (tertiary/aromatic N) is 2.